The van der Waals surface area contributed by atoms with Gasteiger partial charge in [-0.3, -0.25) is 14.5 Å². The number of methoxy groups -OCH3 is 1. The van der Waals surface area contributed by atoms with Gasteiger partial charge in [-0.05, 0) is 49.2 Å². The smallest absolute Gasteiger partial charge is 0.243 e. The zero-order chi connectivity index (χ0) is 23.8. The van der Waals surface area contributed by atoms with E-state index in [0.717, 1.165) is 36.5 Å². The van der Waals surface area contributed by atoms with Gasteiger partial charge < -0.3 is 10.1 Å². The lowest BCUT2D eigenvalue weighted by molar-refractivity contribution is -0.133. The molecule has 1 atom stereocenters. The van der Waals surface area contributed by atoms with Crippen molar-refractivity contribution in [3.63, 3.8) is 0 Å². The van der Waals surface area contributed by atoms with Crippen LogP contribution in [0.2, 0.25) is 0 Å². The van der Waals surface area contributed by atoms with Crippen LogP contribution in [-0.4, -0.2) is 60.7 Å². The number of carbonyl (C=O) groups excluding carboxylic acids is 2. The number of hydrogen-bond donors (Lipinski definition) is 1. The molecule has 0 spiro atoms. The first-order chi connectivity index (χ1) is 16.6. The molecule has 2 aliphatic heterocycles. The number of carbonyl (C=O) groups is 2. The number of hydrogen-bond acceptors (Lipinski definition) is 5. The predicted molar refractivity (Wildman–Crippen MR) is 133 cm³/mol. The molecule has 0 radical (unpaired) electrons. The van der Waals surface area contributed by atoms with Crippen molar-refractivity contribution < 1.29 is 14.3 Å². The first kappa shape index (κ1) is 24.0. The molecule has 0 aliphatic carbocycles. The van der Waals surface area contributed by atoms with E-state index >= 15 is 0 Å². The van der Waals surface area contributed by atoms with Crippen LogP contribution >= 0.6 is 0 Å². The molecule has 0 saturated carbocycles. The fourth-order valence-electron chi connectivity index (χ4n) is 4.63. The lowest BCUT2D eigenvalue weighted by Gasteiger charge is -2.35. The summed E-state index contributed by atoms with van der Waals surface area (Å²) in [5, 5.41) is 9.05. The van der Waals surface area contributed by atoms with E-state index < -0.39 is 0 Å². The Labute approximate surface area is 201 Å². The fraction of sp³-hybridized carbons (Fsp3) is 0.444. The topological polar surface area (TPSA) is 74.2 Å². The average Bonchev–Trinajstić information content (AvgIpc) is 3.39. The Morgan fingerprint density at radius 2 is 1.71 bits per heavy atom. The number of nitrogens with one attached hydrogen (secondary N) is 1. The van der Waals surface area contributed by atoms with Gasteiger partial charge in [-0.15, -0.1) is 0 Å². The number of hydrazone groups is 1. The van der Waals surface area contributed by atoms with Gasteiger partial charge in [-0.1, -0.05) is 48.9 Å². The quantitative estimate of drug-likeness (QED) is 0.616. The molecular formula is C27H34N4O3. The number of ether oxygens (including phenoxy) is 1. The molecule has 2 heterocycles. The molecular weight excluding hydrogens is 428 g/mol. The van der Waals surface area contributed by atoms with E-state index in [2.05, 4.69) is 27.5 Å². The van der Waals surface area contributed by atoms with E-state index in [1.165, 1.54) is 29.8 Å². The summed E-state index contributed by atoms with van der Waals surface area (Å²) in [6, 6.07) is 18.1. The van der Waals surface area contributed by atoms with Crippen molar-refractivity contribution in [2.75, 3.05) is 33.3 Å². The first-order valence-electron chi connectivity index (χ1n) is 12.2. The molecule has 1 fully saturated rings. The van der Waals surface area contributed by atoms with Gasteiger partial charge >= 0.3 is 0 Å². The van der Waals surface area contributed by atoms with Crippen LogP contribution in [-0.2, 0) is 9.59 Å². The first-order valence-corrected chi connectivity index (χ1v) is 12.2. The molecule has 2 aromatic rings. The molecule has 2 aliphatic rings. The number of benzene rings is 2. The molecule has 2 amide bonds. The highest BCUT2D eigenvalue weighted by Crippen LogP contribution is 2.26. The molecule has 1 unspecified atom stereocenters. The van der Waals surface area contributed by atoms with Gasteiger partial charge in [0.25, 0.3) is 0 Å². The van der Waals surface area contributed by atoms with E-state index in [1.807, 2.05) is 42.5 Å². The molecule has 7 heteroatoms. The lowest BCUT2D eigenvalue weighted by atomic mass is 10.0. The largest absolute Gasteiger partial charge is 0.497 e. The molecule has 180 valence electrons. The van der Waals surface area contributed by atoms with Crippen LogP contribution in [0.5, 0.6) is 5.75 Å². The Morgan fingerprint density at radius 3 is 2.41 bits per heavy atom. The predicted octanol–water partition coefficient (Wildman–Crippen LogP) is 3.76. The summed E-state index contributed by atoms with van der Waals surface area (Å²) in [5.41, 5.74) is 3.12. The van der Waals surface area contributed by atoms with Gasteiger partial charge in [0, 0.05) is 25.8 Å². The molecule has 1 N–H and O–H groups in total. The van der Waals surface area contributed by atoms with E-state index in [-0.39, 0.29) is 30.7 Å². The van der Waals surface area contributed by atoms with Gasteiger partial charge in [0.2, 0.25) is 11.8 Å². The van der Waals surface area contributed by atoms with Crippen molar-refractivity contribution in [3.8, 4) is 5.75 Å². The second-order valence-electron chi connectivity index (χ2n) is 8.87. The fourth-order valence-corrected chi connectivity index (χ4v) is 4.63. The minimum absolute atomic E-state index is 0.102. The van der Waals surface area contributed by atoms with Gasteiger partial charge in [-0.25, -0.2) is 5.01 Å². The number of nitrogens with zero attached hydrogens (tertiary/aromatic N) is 3. The Bertz CT molecular complexity index is 985. The number of rotatable bonds is 9. The van der Waals surface area contributed by atoms with Crippen LogP contribution < -0.4 is 10.1 Å². The van der Waals surface area contributed by atoms with Gasteiger partial charge in [-0.2, -0.15) is 5.10 Å². The summed E-state index contributed by atoms with van der Waals surface area (Å²) in [6.45, 7) is 3.15. The third-order valence-corrected chi connectivity index (χ3v) is 6.59. The summed E-state index contributed by atoms with van der Waals surface area (Å²) < 4.78 is 5.29. The van der Waals surface area contributed by atoms with Gasteiger partial charge in [0.05, 0.1) is 25.4 Å². The molecule has 0 bridgehead atoms. The minimum Gasteiger partial charge on any atom is -0.497 e. The van der Waals surface area contributed by atoms with Crippen molar-refractivity contribution in [2.45, 2.75) is 44.6 Å². The van der Waals surface area contributed by atoms with Gasteiger partial charge in [0.1, 0.15) is 5.75 Å². The Balaban J connectivity index is 1.29. The van der Waals surface area contributed by atoms with Crippen molar-refractivity contribution >= 4 is 17.5 Å². The van der Waals surface area contributed by atoms with Crippen LogP contribution in [0.15, 0.2) is 59.7 Å². The maximum Gasteiger partial charge on any atom is 0.243 e. The Hall–Kier alpha value is -3.19. The van der Waals surface area contributed by atoms with Crippen molar-refractivity contribution in [1.82, 2.24) is 15.2 Å². The standard InChI is InChI=1S/C27H34N4O3/c1-34-23-12-10-22(11-13-23)25(30-17-6-3-7-18-30)20-28-26(32)14-15-27(33)31-19-16-24(29-31)21-8-4-2-5-9-21/h2,4-5,8-13,25H,3,6-7,14-20H2,1H3,(H,28,32). The summed E-state index contributed by atoms with van der Waals surface area (Å²) in [7, 11) is 1.66. The maximum atomic E-state index is 12.6. The van der Waals surface area contributed by atoms with E-state index in [0.29, 0.717) is 13.1 Å². The maximum absolute atomic E-state index is 12.6. The summed E-state index contributed by atoms with van der Waals surface area (Å²) in [4.78, 5) is 27.7. The monoisotopic (exact) mass is 462 g/mol. The zero-order valence-electron chi connectivity index (χ0n) is 19.9. The van der Waals surface area contributed by atoms with Crippen molar-refractivity contribution in [3.05, 3.63) is 65.7 Å². The highest BCUT2D eigenvalue weighted by Gasteiger charge is 2.24. The molecule has 7 nitrogen and oxygen atoms in total. The van der Waals surface area contributed by atoms with E-state index in [1.54, 1.807) is 7.11 Å². The lowest BCUT2D eigenvalue weighted by Crippen LogP contribution is -2.40. The zero-order valence-corrected chi connectivity index (χ0v) is 19.9. The SMILES string of the molecule is COc1ccc(C(CNC(=O)CCC(=O)N2CCC(c3ccccc3)=N2)N2CCCCC2)cc1. The summed E-state index contributed by atoms with van der Waals surface area (Å²) in [6.07, 6.45) is 4.68. The second kappa shape index (κ2) is 11.8. The highest BCUT2D eigenvalue weighted by atomic mass is 16.5. The van der Waals surface area contributed by atoms with Crippen LogP contribution in [0.3, 0.4) is 0 Å². The van der Waals surface area contributed by atoms with Crippen LogP contribution in [0, 0.1) is 0 Å². The average molecular weight is 463 g/mol. The molecule has 2 aromatic carbocycles. The van der Waals surface area contributed by atoms with Gasteiger partial charge in [0.15, 0.2) is 0 Å². The molecule has 34 heavy (non-hydrogen) atoms. The van der Waals surface area contributed by atoms with Crippen LogP contribution in [0.4, 0.5) is 0 Å². The Kier molecular flexibility index (Phi) is 8.31. The van der Waals surface area contributed by atoms with Crippen molar-refractivity contribution in [1.29, 1.82) is 0 Å². The summed E-state index contributed by atoms with van der Waals surface area (Å²) in [5.74, 6) is 0.614. The van der Waals surface area contributed by atoms with Crippen LogP contribution in [0.25, 0.3) is 0 Å². The Morgan fingerprint density at radius 1 is 0.971 bits per heavy atom. The third-order valence-electron chi connectivity index (χ3n) is 6.59. The van der Waals surface area contributed by atoms with E-state index in [9.17, 15) is 9.59 Å². The molecule has 1 saturated heterocycles. The number of amides is 2. The second-order valence-corrected chi connectivity index (χ2v) is 8.87. The minimum atomic E-state index is -0.108. The number of likely N-dealkylation sites (tertiary alicyclic amines) is 1. The molecule has 0 aromatic heterocycles. The van der Waals surface area contributed by atoms with Crippen LogP contribution in [0.1, 0.15) is 55.7 Å². The normalized spacial score (nSPS) is 17.2. The van der Waals surface area contributed by atoms with E-state index in [4.69, 9.17) is 4.74 Å². The molecule has 4 rings (SSSR count). The highest BCUT2D eigenvalue weighted by molar-refractivity contribution is 6.02. The third kappa shape index (κ3) is 6.23. The van der Waals surface area contributed by atoms with Crippen molar-refractivity contribution in [2.24, 2.45) is 5.10 Å². The number of piperidine rings is 1. The summed E-state index contributed by atoms with van der Waals surface area (Å²) >= 11 is 0.